The lowest BCUT2D eigenvalue weighted by atomic mass is 10.0. The summed E-state index contributed by atoms with van der Waals surface area (Å²) >= 11 is 0. The minimum absolute atomic E-state index is 0.259. The molecule has 4 aromatic rings. The van der Waals surface area contributed by atoms with Crippen LogP contribution in [0.15, 0.2) is 72.8 Å². The topological polar surface area (TPSA) is 74.7 Å². The van der Waals surface area contributed by atoms with Gasteiger partial charge in [0.1, 0.15) is 17.3 Å². The molecule has 0 amide bonds. The number of aromatic nitrogens is 1. The Labute approximate surface area is 189 Å². The third-order valence-corrected chi connectivity index (χ3v) is 5.12. The van der Waals surface area contributed by atoms with Gasteiger partial charge in [0, 0.05) is 17.0 Å². The van der Waals surface area contributed by atoms with Crippen LogP contribution in [0.5, 0.6) is 11.5 Å². The maximum Gasteiger partial charge on any atom is 0.339 e. The maximum absolute atomic E-state index is 13.3. The largest absolute Gasteiger partial charge is 0.497 e. The zero-order valence-electron chi connectivity index (χ0n) is 18.0. The molecule has 33 heavy (non-hydrogen) atoms. The zero-order chi connectivity index (χ0) is 23.4. The number of rotatable bonds is 7. The number of ether oxygens (including phenoxy) is 3. The van der Waals surface area contributed by atoms with Crippen LogP contribution in [0.1, 0.15) is 20.7 Å². The van der Waals surface area contributed by atoms with Gasteiger partial charge < -0.3 is 14.2 Å². The van der Waals surface area contributed by atoms with Crippen LogP contribution in [0.3, 0.4) is 0 Å². The first-order valence-corrected chi connectivity index (χ1v) is 10.1. The Morgan fingerprint density at radius 3 is 2.36 bits per heavy atom. The molecule has 0 saturated heterocycles. The number of methoxy groups -OCH3 is 2. The summed E-state index contributed by atoms with van der Waals surface area (Å²) < 4.78 is 29.1. The molecule has 4 rings (SSSR count). The molecule has 166 valence electrons. The first-order chi connectivity index (χ1) is 16.0. The molecule has 0 fully saturated rings. The maximum atomic E-state index is 13.3. The fourth-order valence-corrected chi connectivity index (χ4v) is 3.43. The van der Waals surface area contributed by atoms with Crippen molar-refractivity contribution in [1.29, 1.82) is 0 Å². The van der Waals surface area contributed by atoms with Crippen molar-refractivity contribution >= 4 is 22.7 Å². The Bertz CT molecular complexity index is 1330. The van der Waals surface area contributed by atoms with Gasteiger partial charge in [-0.25, -0.2) is 14.2 Å². The first-order valence-electron chi connectivity index (χ1n) is 10.1. The van der Waals surface area contributed by atoms with E-state index in [4.69, 9.17) is 14.2 Å². The molecule has 0 aliphatic carbocycles. The van der Waals surface area contributed by atoms with Crippen molar-refractivity contribution in [1.82, 2.24) is 4.98 Å². The van der Waals surface area contributed by atoms with Crippen LogP contribution < -0.4 is 9.47 Å². The number of benzene rings is 3. The third-order valence-electron chi connectivity index (χ3n) is 5.12. The number of para-hydroxylation sites is 1. The lowest BCUT2D eigenvalue weighted by Crippen LogP contribution is -2.15. The molecule has 0 unspecified atom stereocenters. The van der Waals surface area contributed by atoms with Crippen LogP contribution in [0.25, 0.3) is 22.2 Å². The first kappa shape index (κ1) is 22.0. The summed E-state index contributed by atoms with van der Waals surface area (Å²) in [7, 11) is 2.95. The quantitative estimate of drug-likeness (QED) is 0.291. The fourth-order valence-electron chi connectivity index (χ4n) is 3.43. The summed E-state index contributed by atoms with van der Waals surface area (Å²) in [6.45, 7) is -0.468. The third kappa shape index (κ3) is 4.67. The van der Waals surface area contributed by atoms with Crippen LogP contribution in [0.2, 0.25) is 0 Å². The number of ketones is 1. The molecule has 0 saturated carbocycles. The molecular formula is C26H20FNO5. The Hall–Kier alpha value is -4.26. The standard InChI is InChI=1S/C26H20FNO5/c1-31-18-11-12-20(25(13-18)32-2)24(29)15-33-26(30)21-14-23(16-7-9-17(27)10-8-16)28-22-6-4-3-5-19(21)22/h3-14H,15H2,1-2H3. The summed E-state index contributed by atoms with van der Waals surface area (Å²) in [6, 6.07) is 19.3. The number of nitrogens with zero attached hydrogens (tertiary/aromatic N) is 1. The van der Waals surface area contributed by atoms with Crippen molar-refractivity contribution in [3.05, 3.63) is 89.7 Å². The number of carbonyl (C=O) groups is 2. The van der Waals surface area contributed by atoms with Crippen LogP contribution in [-0.2, 0) is 4.74 Å². The Morgan fingerprint density at radius 2 is 1.64 bits per heavy atom. The SMILES string of the molecule is COc1ccc(C(=O)COC(=O)c2cc(-c3ccc(F)cc3)nc3ccccc23)c(OC)c1. The Morgan fingerprint density at radius 1 is 0.879 bits per heavy atom. The van der Waals surface area contributed by atoms with Crippen LogP contribution in [0.4, 0.5) is 4.39 Å². The highest BCUT2D eigenvalue weighted by atomic mass is 19.1. The van der Waals surface area contributed by atoms with E-state index in [1.54, 1.807) is 60.7 Å². The summed E-state index contributed by atoms with van der Waals surface area (Å²) in [6.07, 6.45) is 0. The number of esters is 1. The van der Waals surface area contributed by atoms with E-state index in [1.165, 1.54) is 26.4 Å². The summed E-state index contributed by atoms with van der Waals surface area (Å²) in [4.78, 5) is 30.2. The van der Waals surface area contributed by atoms with E-state index in [0.717, 1.165) is 0 Å². The second-order valence-corrected chi connectivity index (χ2v) is 7.14. The van der Waals surface area contributed by atoms with Crippen molar-refractivity contribution in [2.24, 2.45) is 0 Å². The van der Waals surface area contributed by atoms with Crippen molar-refractivity contribution in [3.63, 3.8) is 0 Å². The second kappa shape index (κ2) is 9.48. The predicted octanol–water partition coefficient (Wildman–Crippen LogP) is 5.10. The monoisotopic (exact) mass is 445 g/mol. The number of fused-ring (bicyclic) bond motifs is 1. The van der Waals surface area contributed by atoms with Gasteiger partial charge in [-0.1, -0.05) is 18.2 Å². The van der Waals surface area contributed by atoms with Crippen LogP contribution >= 0.6 is 0 Å². The van der Waals surface area contributed by atoms with Gasteiger partial charge in [0.15, 0.2) is 6.61 Å². The molecule has 0 bridgehead atoms. The number of pyridine rings is 1. The van der Waals surface area contributed by atoms with Crippen molar-refractivity contribution in [2.45, 2.75) is 0 Å². The minimum Gasteiger partial charge on any atom is -0.497 e. The van der Waals surface area contributed by atoms with Gasteiger partial charge in [0.05, 0.1) is 36.6 Å². The van der Waals surface area contributed by atoms with Crippen molar-refractivity contribution in [3.8, 4) is 22.8 Å². The number of hydrogen-bond donors (Lipinski definition) is 0. The molecule has 0 N–H and O–H groups in total. The van der Waals surface area contributed by atoms with Gasteiger partial charge >= 0.3 is 5.97 Å². The molecule has 0 aliphatic rings. The summed E-state index contributed by atoms with van der Waals surface area (Å²) in [5, 5.41) is 0.586. The molecule has 1 aromatic heterocycles. The lowest BCUT2D eigenvalue weighted by molar-refractivity contribution is 0.0476. The molecule has 7 heteroatoms. The van der Waals surface area contributed by atoms with E-state index in [0.29, 0.717) is 33.7 Å². The molecule has 0 atom stereocenters. The molecule has 6 nitrogen and oxygen atoms in total. The van der Waals surface area contributed by atoms with E-state index in [-0.39, 0.29) is 16.9 Å². The Balaban J connectivity index is 1.61. The van der Waals surface area contributed by atoms with E-state index >= 15 is 0 Å². The molecule has 0 aliphatic heterocycles. The van der Waals surface area contributed by atoms with Gasteiger partial charge in [-0.2, -0.15) is 0 Å². The van der Waals surface area contributed by atoms with E-state index < -0.39 is 18.4 Å². The molecular weight excluding hydrogens is 425 g/mol. The normalized spacial score (nSPS) is 10.6. The van der Waals surface area contributed by atoms with Gasteiger partial charge in [-0.15, -0.1) is 0 Å². The smallest absolute Gasteiger partial charge is 0.339 e. The van der Waals surface area contributed by atoms with Crippen LogP contribution in [0, 0.1) is 5.82 Å². The number of halogens is 1. The van der Waals surface area contributed by atoms with E-state index in [2.05, 4.69) is 4.98 Å². The predicted molar refractivity (Wildman–Crippen MR) is 121 cm³/mol. The number of hydrogen-bond acceptors (Lipinski definition) is 6. The van der Waals surface area contributed by atoms with Gasteiger partial charge in [-0.05, 0) is 48.5 Å². The summed E-state index contributed by atoms with van der Waals surface area (Å²) in [5.41, 5.74) is 2.25. The molecule has 0 radical (unpaired) electrons. The van der Waals surface area contributed by atoms with Gasteiger partial charge in [0.2, 0.25) is 5.78 Å². The lowest BCUT2D eigenvalue weighted by Gasteiger charge is -2.12. The zero-order valence-corrected chi connectivity index (χ0v) is 18.0. The fraction of sp³-hybridized carbons (Fsp3) is 0.115. The second-order valence-electron chi connectivity index (χ2n) is 7.14. The average Bonchev–Trinajstić information content (AvgIpc) is 2.86. The van der Waals surface area contributed by atoms with Gasteiger partial charge in [-0.3, -0.25) is 4.79 Å². The Kier molecular flexibility index (Phi) is 6.31. The number of Topliss-reactive ketones (excluding diaryl/α,β-unsaturated/α-hetero) is 1. The average molecular weight is 445 g/mol. The summed E-state index contributed by atoms with van der Waals surface area (Å²) in [5.74, 6) is -0.593. The van der Waals surface area contributed by atoms with E-state index in [9.17, 15) is 14.0 Å². The molecule has 0 spiro atoms. The van der Waals surface area contributed by atoms with Crippen molar-refractivity contribution < 1.29 is 28.2 Å². The van der Waals surface area contributed by atoms with E-state index in [1.807, 2.05) is 0 Å². The highest BCUT2D eigenvalue weighted by molar-refractivity contribution is 6.06. The molecule has 1 heterocycles. The van der Waals surface area contributed by atoms with Crippen molar-refractivity contribution in [2.75, 3.05) is 20.8 Å². The highest BCUT2D eigenvalue weighted by Gasteiger charge is 2.19. The molecule has 3 aromatic carbocycles. The highest BCUT2D eigenvalue weighted by Crippen LogP contribution is 2.27. The van der Waals surface area contributed by atoms with Gasteiger partial charge in [0.25, 0.3) is 0 Å². The van der Waals surface area contributed by atoms with Crippen LogP contribution in [-0.4, -0.2) is 37.6 Å². The number of carbonyl (C=O) groups excluding carboxylic acids is 2. The minimum atomic E-state index is -0.669.